The first kappa shape index (κ1) is 12.0. The summed E-state index contributed by atoms with van der Waals surface area (Å²) in [7, 11) is 2.14. The molecule has 2 nitrogen and oxygen atoms in total. The van der Waals surface area contributed by atoms with Crippen LogP contribution in [0.3, 0.4) is 0 Å². The van der Waals surface area contributed by atoms with Crippen LogP contribution in [0.25, 0.3) is 0 Å². The number of rotatable bonds is 4. The molecule has 2 aliphatic carbocycles. The molecule has 6 atom stereocenters. The highest BCUT2D eigenvalue weighted by atomic mass is 16.5. The van der Waals surface area contributed by atoms with Gasteiger partial charge < -0.3 is 10.1 Å². The highest BCUT2D eigenvalue weighted by Gasteiger charge is 2.41. The van der Waals surface area contributed by atoms with Crippen LogP contribution >= 0.6 is 0 Å². The fourth-order valence-electron chi connectivity index (χ4n) is 4.67. The molecular weight excluding hydrogens is 210 g/mol. The van der Waals surface area contributed by atoms with Crippen LogP contribution in [0.5, 0.6) is 0 Å². The van der Waals surface area contributed by atoms with Gasteiger partial charge in [0.25, 0.3) is 0 Å². The van der Waals surface area contributed by atoms with Gasteiger partial charge in [0, 0.05) is 12.0 Å². The van der Waals surface area contributed by atoms with Crippen LogP contribution in [0.2, 0.25) is 0 Å². The van der Waals surface area contributed by atoms with E-state index in [4.69, 9.17) is 4.74 Å². The lowest BCUT2D eigenvalue weighted by Gasteiger charge is -2.29. The van der Waals surface area contributed by atoms with Crippen molar-refractivity contribution in [2.24, 2.45) is 23.7 Å². The Morgan fingerprint density at radius 2 is 2.12 bits per heavy atom. The summed E-state index contributed by atoms with van der Waals surface area (Å²) >= 11 is 0. The molecule has 17 heavy (non-hydrogen) atoms. The molecule has 0 aromatic rings. The van der Waals surface area contributed by atoms with Crippen LogP contribution in [-0.4, -0.2) is 25.8 Å². The van der Waals surface area contributed by atoms with Gasteiger partial charge in [-0.2, -0.15) is 0 Å². The van der Waals surface area contributed by atoms with Gasteiger partial charge >= 0.3 is 0 Å². The molecule has 6 unspecified atom stereocenters. The predicted octanol–water partition coefficient (Wildman–Crippen LogP) is 2.83. The minimum atomic E-state index is 0.482. The standard InChI is InChI=1S/C15H27NO/c1-10-5-14(9-17-10)15(16-2)8-13-7-11-3-4-12(13)6-11/h10-16H,3-9H2,1-2H3. The molecule has 1 heterocycles. The van der Waals surface area contributed by atoms with Crippen molar-refractivity contribution in [2.45, 2.75) is 57.6 Å². The number of hydrogen-bond acceptors (Lipinski definition) is 2. The fourth-order valence-corrected chi connectivity index (χ4v) is 4.67. The van der Waals surface area contributed by atoms with Crippen molar-refractivity contribution in [1.82, 2.24) is 5.32 Å². The highest BCUT2D eigenvalue weighted by molar-refractivity contribution is 4.93. The minimum absolute atomic E-state index is 0.482. The quantitative estimate of drug-likeness (QED) is 0.812. The van der Waals surface area contributed by atoms with Gasteiger partial charge in [-0.15, -0.1) is 0 Å². The molecule has 1 aliphatic heterocycles. The Hall–Kier alpha value is -0.0800. The minimum Gasteiger partial charge on any atom is -0.378 e. The topological polar surface area (TPSA) is 21.3 Å². The summed E-state index contributed by atoms with van der Waals surface area (Å²) in [5, 5.41) is 3.57. The number of fused-ring (bicyclic) bond motifs is 2. The fraction of sp³-hybridized carbons (Fsp3) is 1.00. The SMILES string of the molecule is CNC(CC1CC2CCC1C2)C1COC(C)C1. The van der Waals surface area contributed by atoms with E-state index in [0.717, 1.165) is 30.3 Å². The zero-order valence-corrected chi connectivity index (χ0v) is 11.3. The molecule has 0 aromatic heterocycles. The molecule has 98 valence electrons. The van der Waals surface area contributed by atoms with Gasteiger partial charge in [0.15, 0.2) is 0 Å². The molecule has 0 amide bonds. The maximum absolute atomic E-state index is 5.73. The van der Waals surface area contributed by atoms with E-state index < -0.39 is 0 Å². The zero-order chi connectivity index (χ0) is 11.8. The van der Waals surface area contributed by atoms with Gasteiger partial charge in [-0.25, -0.2) is 0 Å². The second-order valence-electron chi connectivity index (χ2n) is 6.71. The monoisotopic (exact) mass is 237 g/mol. The van der Waals surface area contributed by atoms with E-state index in [2.05, 4.69) is 19.3 Å². The van der Waals surface area contributed by atoms with Crippen molar-refractivity contribution in [1.29, 1.82) is 0 Å². The Morgan fingerprint density at radius 3 is 2.65 bits per heavy atom. The summed E-state index contributed by atoms with van der Waals surface area (Å²) in [5.41, 5.74) is 0. The molecule has 0 aromatic carbocycles. The summed E-state index contributed by atoms with van der Waals surface area (Å²) in [4.78, 5) is 0. The Morgan fingerprint density at radius 1 is 1.24 bits per heavy atom. The maximum Gasteiger partial charge on any atom is 0.0551 e. The second-order valence-corrected chi connectivity index (χ2v) is 6.71. The third kappa shape index (κ3) is 2.39. The zero-order valence-electron chi connectivity index (χ0n) is 11.3. The van der Waals surface area contributed by atoms with Gasteiger partial charge in [0.05, 0.1) is 12.7 Å². The number of ether oxygens (including phenoxy) is 1. The largest absolute Gasteiger partial charge is 0.378 e. The summed E-state index contributed by atoms with van der Waals surface area (Å²) in [6.07, 6.45) is 9.24. The Labute approximate surface area is 105 Å². The normalized spacial score (nSPS) is 46.6. The van der Waals surface area contributed by atoms with Gasteiger partial charge in [-0.3, -0.25) is 0 Å². The first-order valence-corrected chi connectivity index (χ1v) is 7.55. The third-order valence-corrected chi connectivity index (χ3v) is 5.61. The van der Waals surface area contributed by atoms with Crippen molar-refractivity contribution in [2.75, 3.05) is 13.7 Å². The number of hydrogen-bond donors (Lipinski definition) is 1. The van der Waals surface area contributed by atoms with Crippen molar-refractivity contribution in [3.05, 3.63) is 0 Å². The lowest BCUT2D eigenvalue weighted by Crippen LogP contribution is -2.36. The van der Waals surface area contributed by atoms with Crippen LogP contribution in [-0.2, 0) is 4.74 Å². The van der Waals surface area contributed by atoms with E-state index >= 15 is 0 Å². The molecular formula is C15H27NO. The average molecular weight is 237 g/mol. The Kier molecular flexibility index (Phi) is 3.45. The highest BCUT2D eigenvalue weighted by Crippen LogP contribution is 2.50. The Balaban J connectivity index is 1.55. The predicted molar refractivity (Wildman–Crippen MR) is 69.9 cm³/mol. The number of nitrogens with one attached hydrogen (secondary N) is 1. The molecule has 3 rings (SSSR count). The van der Waals surface area contributed by atoms with Gasteiger partial charge in [-0.05, 0) is 63.8 Å². The van der Waals surface area contributed by atoms with Crippen LogP contribution < -0.4 is 5.32 Å². The van der Waals surface area contributed by atoms with Crippen molar-refractivity contribution in [3.63, 3.8) is 0 Å². The summed E-state index contributed by atoms with van der Waals surface area (Å²) < 4.78 is 5.73. The van der Waals surface area contributed by atoms with Crippen molar-refractivity contribution >= 4 is 0 Å². The lowest BCUT2D eigenvalue weighted by atomic mass is 9.81. The Bertz CT molecular complexity index is 268. The van der Waals surface area contributed by atoms with E-state index in [1.165, 1.54) is 32.1 Å². The molecule has 2 heteroatoms. The van der Waals surface area contributed by atoms with E-state index in [1.807, 2.05) is 0 Å². The van der Waals surface area contributed by atoms with E-state index in [1.54, 1.807) is 6.42 Å². The molecule has 2 bridgehead atoms. The van der Waals surface area contributed by atoms with E-state index in [9.17, 15) is 0 Å². The van der Waals surface area contributed by atoms with Crippen LogP contribution in [0.1, 0.15) is 45.4 Å². The summed E-state index contributed by atoms with van der Waals surface area (Å²) in [5.74, 6) is 3.92. The maximum atomic E-state index is 5.73. The molecule has 1 N–H and O–H groups in total. The molecule has 0 spiro atoms. The first-order valence-electron chi connectivity index (χ1n) is 7.55. The average Bonchev–Trinajstić information content (AvgIpc) is 3.01. The van der Waals surface area contributed by atoms with E-state index in [-0.39, 0.29) is 0 Å². The summed E-state index contributed by atoms with van der Waals surface area (Å²) in [6, 6.07) is 0.698. The van der Waals surface area contributed by atoms with Crippen molar-refractivity contribution < 1.29 is 4.74 Å². The molecule has 3 fully saturated rings. The van der Waals surface area contributed by atoms with Gasteiger partial charge in [0.1, 0.15) is 0 Å². The van der Waals surface area contributed by atoms with Gasteiger partial charge in [-0.1, -0.05) is 6.42 Å². The smallest absolute Gasteiger partial charge is 0.0551 e. The molecule has 3 aliphatic rings. The van der Waals surface area contributed by atoms with Crippen LogP contribution in [0, 0.1) is 23.7 Å². The molecule has 1 saturated heterocycles. The van der Waals surface area contributed by atoms with Crippen LogP contribution in [0.15, 0.2) is 0 Å². The summed E-state index contributed by atoms with van der Waals surface area (Å²) in [6.45, 7) is 3.19. The lowest BCUT2D eigenvalue weighted by molar-refractivity contribution is 0.115. The third-order valence-electron chi connectivity index (χ3n) is 5.61. The van der Waals surface area contributed by atoms with Gasteiger partial charge in [0.2, 0.25) is 0 Å². The molecule has 0 radical (unpaired) electrons. The van der Waals surface area contributed by atoms with E-state index in [0.29, 0.717) is 12.1 Å². The molecule has 2 saturated carbocycles. The van der Waals surface area contributed by atoms with Crippen molar-refractivity contribution in [3.8, 4) is 0 Å². The first-order chi connectivity index (χ1) is 8.26. The second kappa shape index (κ2) is 4.89. The van der Waals surface area contributed by atoms with Crippen LogP contribution in [0.4, 0.5) is 0 Å².